The average molecular weight is 289 g/mol. The number of benzene rings is 1. The van der Waals surface area contributed by atoms with E-state index in [1.165, 1.54) is 24.8 Å². The van der Waals surface area contributed by atoms with Crippen LogP contribution in [-0.4, -0.2) is 40.0 Å². The molecule has 1 unspecified atom stereocenters. The molecule has 3 nitrogen and oxygen atoms in total. The first-order valence-corrected chi connectivity index (χ1v) is 8.19. The van der Waals surface area contributed by atoms with Crippen LogP contribution in [0.4, 0.5) is 0 Å². The van der Waals surface area contributed by atoms with Gasteiger partial charge in [0, 0.05) is 32.2 Å². The van der Waals surface area contributed by atoms with Crippen LogP contribution in [0, 0.1) is 5.41 Å². The molecule has 2 aliphatic rings. The Morgan fingerprint density at radius 2 is 2.19 bits per heavy atom. The average Bonchev–Trinajstić information content (AvgIpc) is 3.13. The molecule has 1 aromatic rings. The van der Waals surface area contributed by atoms with Crippen LogP contribution in [0.5, 0.6) is 0 Å². The van der Waals surface area contributed by atoms with Gasteiger partial charge in [-0.2, -0.15) is 0 Å². The monoisotopic (exact) mass is 289 g/mol. The normalized spacial score (nSPS) is 24.4. The Bertz CT molecular complexity index is 466. The molecule has 1 N–H and O–H groups in total. The summed E-state index contributed by atoms with van der Waals surface area (Å²) in [5.41, 5.74) is 4.89. The molecule has 0 saturated carbocycles. The summed E-state index contributed by atoms with van der Waals surface area (Å²) in [6, 6.07) is 7.12. The van der Waals surface area contributed by atoms with Crippen molar-refractivity contribution in [1.82, 2.24) is 5.32 Å². The summed E-state index contributed by atoms with van der Waals surface area (Å²) in [6.07, 6.45) is 6.14. The first-order valence-electron chi connectivity index (χ1n) is 8.19. The van der Waals surface area contributed by atoms with Crippen molar-refractivity contribution in [2.75, 3.05) is 40.0 Å². The predicted molar refractivity (Wildman–Crippen MR) is 84.8 cm³/mol. The van der Waals surface area contributed by atoms with Crippen molar-refractivity contribution < 1.29 is 9.47 Å². The third-order valence-corrected chi connectivity index (χ3v) is 4.91. The van der Waals surface area contributed by atoms with Crippen molar-refractivity contribution in [3.8, 4) is 0 Å². The van der Waals surface area contributed by atoms with Crippen molar-refractivity contribution in [3.05, 3.63) is 34.9 Å². The van der Waals surface area contributed by atoms with Gasteiger partial charge in [-0.3, -0.25) is 0 Å². The summed E-state index contributed by atoms with van der Waals surface area (Å²) in [6.45, 7) is 4.49. The number of aryl methyl sites for hydroxylation is 2. The van der Waals surface area contributed by atoms with Crippen LogP contribution in [0.1, 0.15) is 29.5 Å². The highest BCUT2D eigenvalue weighted by Gasteiger charge is 2.34. The van der Waals surface area contributed by atoms with Gasteiger partial charge in [-0.15, -0.1) is 0 Å². The molecule has 1 aliphatic carbocycles. The van der Waals surface area contributed by atoms with Crippen molar-refractivity contribution in [1.29, 1.82) is 0 Å². The quantitative estimate of drug-likeness (QED) is 0.782. The molecular formula is C18H27NO2. The third kappa shape index (κ3) is 3.65. The topological polar surface area (TPSA) is 30.5 Å². The van der Waals surface area contributed by atoms with E-state index < -0.39 is 0 Å². The van der Waals surface area contributed by atoms with Crippen LogP contribution >= 0.6 is 0 Å². The highest BCUT2D eigenvalue weighted by Crippen LogP contribution is 2.33. The molecule has 1 aromatic carbocycles. The number of rotatable bonds is 7. The van der Waals surface area contributed by atoms with Crippen LogP contribution in [0.15, 0.2) is 18.2 Å². The Balaban J connectivity index is 1.64. The zero-order valence-corrected chi connectivity index (χ0v) is 13.1. The van der Waals surface area contributed by atoms with E-state index in [4.69, 9.17) is 9.47 Å². The fourth-order valence-corrected chi connectivity index (χ4v) is 3.69. The molecule has 0 amide bonds. The highest BCUT2D eigenvalue weighted by molar-refractivity contribution is 5.35. The summed E-state index contributed by atoms with van der Waals surface area (Å²) in [5.74, 6) is 0. The first-order chi connectivity index (χ1) is 10.3. The largest absolute Gasteiger partial charge is 0.383 e. The second-order valence-corrected chi connectivity index (χ2v) is 6.61. The van der Waals surface area contributed by atoms with E-state index in [1.807, 2.05) is 0 Å². The zero-order valence-electron chi connectivity index (χ0n) is 13.1. The lowest BCUT2D eigenvalue weighted by atomic mass is 9.80. The highest BCUT2D eigenvalue weighted by atomic mass is 16.5. The van der Waals surface area contributed by atoms with Crippen LogP contribution in [-0.2, 0) is 28.7 Å². The van der Waals surface area contributed by atoms with Gasteiger partial charge in [0.25, 0.3) is 0 Å². The zero-order chi connectivity index (χ0) is 14.5. The molecule has 3 heteroatoms. The van der Waals surface area contributed by atoms with Crippen molar-refractivity contribution in [3.63, 3.8) is 0 Å². The van der Waals surface area contributed by atoms with Crippen LogP contribution < -0.4 is 5.32 Å². The van der Waals surface area contributed by atoms with Gasteiger partial charge >= 0.3 is 0 Å². The number of fused-ring (bicyclic) bond motifs is 1. The Morgan fingerprint density at radius 1 is 1.29 bits per heavy atom. The minimum Gasteiger partial charge on any atom is -0.383 e. The summed E-state index contributed by atoms with van der Waals surface area (Å²) in [4.78, 5) is 0. The number of nitrogens with one attached hydrogen (secondary N) is 1. The van der Waals surface area contributed by atoms with E-state index in [-0.39, 0.29) is 5.41 Å². The fourth-order valence-electron chi connectivity index (χ4n) is 3.69. The Hall–Kier alpha value is -0.900. The molecule has 3 rings (SSSR count). The molecule has 1 saturated heterocycles. The molecular weight excluding hydrogens is 262 g/mol. The van der Waals surface area contributed by atoms with E-state index in [0.29, 0.717) is 0 Å². The lowest BCUT2D eigenvalue weighted by molar-refractivity contribution is 0.145. The lowest BCUT2D eigenvalue weighted by Crippen LogP contribution is -2.38. The number of hydrogen-bond donors (Lipinski definition) is 1. The Morgan fingerprint density at radius 3 is 3.00 bits per heavy atom. The molecule has 21 heavy (non-hydrogen) atoms. The van der Waals surface area contributed by atoms with Gasteiger partial charge in [0.05, 0.1) is 13.2 Å². The van der Waals surface area contributed by atoms with E-state index in [9.17, 15) is 0 Å². The summed E-state index contributed by atoms with van der Waals surface area (Å²) < 4.78 is 10.8. The van der Waals surface area contributed by atoms with E-state index in [1.54, 1.807) is 18.2 Å². The van der Waals surface area contributed by atoms with Gasteiger partial charge in [0.1, 0.15) is 0 Å². The first kappa shape index (κ1) is 15.0. The SMILES string of the molecule is COCCNCC1(Cc2ccc3c(c2)CCC3)CCOC1. The minimum atomic E-state index is 0.264. The maximum Gasteiger partial charge on any atom is 0.0587 e. The fraction of sp³-hybridized carbons (Fsp3) is 0.667. The van der Waals surface area contributed by atoms with Crippen molar-refractivity contribution in [2.24, 2.45) is 5.41 Å². The Kier molecular flexibility index (Phi) is 4.94. The standard InChI is InChI=1S/C18H27NO2/c1-20-10-8-19-13-18(7-9-21-14-18)12-15-5-6-16-3-2-4-17(16)11-15/h5-6,11,19H,2-4,7-10,12-14H2,1H3. The van der Waals surface area contributed by atoms with Gasteiger partial charge in [0.2, 0.25) is 0 Å². The number of ether oxygens (including phenoxy) is 2. The molecule has 0 spiro atoms. The summed E-state index contributed by atoms with van der Waals surface area (Å²) in [7, 11) is 1.75. The summed E-state index contributed by atoms with van der Waals surface area (Å²) >= 11 is 0. The van der Waals surface area contributed by atoms with Crippen LogP contribution in [0.3, 0.4) is 0 Å². The maximum absolute atomic E-state index is 5.71. The van der Waals surface area contributed by atoms with Gasteiger partial charge < -0.3 is 14.8 Å². The van der Waals surface area contributed by atoms with E-state index in [2.05, 4.69) is 23.5 Å². The van der Waals surface area contributed by atoms with Gasteiger partial charge in [0.15, 0.2) is 0 Å². The lowest BCUT2D eigenvalue weighted by Gasteiger charge is -2.28. The maximum atomic E-state index is 5.71. The van der Waals surface area contributed by atoms with Crippen LogP contribution in [0.25, 0.3) is 0 Å². The van der Waals surface area contributed by atoms with E-state index in [0.717, 1.165) is 45.8 Å². The van der Waals surface area contributed by atoms with Gasteiger partial charge in [-0.1, -0.05) is 18.2 Å². The molecule has 1 heterocycles. The number of hydrogen-bond acceptors (Lipinski definition) is 3. The molecule has 0 aromatic heterocycles. The minimum absolute atomic E-state index is 0.264. The molecule has 1 atom stereocenters. The second kappa shape index (κ2) is 6.91. The van der Waals surface area contributed by atoms with Gasteiger partial charge in [-0.05, 0) is 48.8 Å². The molecule has 0 bridgehead atoms. The second-order valence-electron chi connectivity index (χ2n) is 6.61. The van der Waals surface area contributed by atoms with Crippen LogP contribution in [0.2, 0.25) is 0 Å². The molecule has 116 valence electrons. The molecule has 1 fully saturated rings. The molecule has 1 aliphatic heterocycles. The van der Waals surface area contributed by atoms with E-state index >= 15 is 0 Å². The Labute approximate surface area is 128 Å². The smallest absolute Gasteiger partial charge is 0.0587 e. The number of methoxy groups -OCH3 is 1. The molecule has 0 radical (unpaired) electrons. The summed E-state index contributed by atoms with van der Waals surface area (Å²) in [5, 5.41) is 3.54. The third-order valence-electron chi connectivity index (χ3n) is 4.91. The van der Waals surface area contributed by atoms with Crippen molar-refractivity contribution >= 4 is 0 Å². The predicted octanol–water partition coefficient (Wildman–Crippen LogP) is 2.36. The van der Waals surface area contributed by atoms with Crippen molar-refractivity contribution in [2.45, 2.75) is 32.1 Å². The van der Waals surface area contributed by atoms with Gasteiger partial charge in [-0.25, -0.2) is 0 Å².